The predicted octanol–water partition coefficient (Wildman–Crippen LogP) is 2.69. The second-order valence-electron chi connectivity index (χ2n) is 6.35. The summed E-state index contributed by atoms with van der Waals surface area (Å²) in [7, 11) is 1.87. The Bertz CT molecular complexity index is 307. The highest BCUT2D eigenvalue weighted by molar-refractivity contribution is 5.80. The largest absolute Gasteiger partial charge is 0.382 e. The van der Waals surface area contributed by atoms with Crippen molar-refractivity contribution in [3.63, 3.8) is 0 Å². The number of hydrogen-bond donors (Lipinski definition) is 2. The Morgan fingerprint density at radius 2 is 2.00 bits per heavy atom. The molecule has 2 aliphatic rings. The van der Waals surface area contributed by atoms with Gasteiger partial charge in [-0.1, -0.05) is 19.3 Å². The van der Waals surface area contributed by atoms with Gasteiger partial charge in [-0.2, -0.15) is 0 Å². The van der Waals surface area contributed by atoms with Gasteiger partial charge in [0, 0.05) is 32.8 Å². The lowest BCUT2D eigenvalue weighted by Gasteiger charge is -2.26. The van der Waals surface area contributed by atoms with Crippen LogP contribution in [-0.4, -0.2) is 38.8 Å². The van der Waals surface area contributed by atoms with Gasteiger partial charge < -0.3 is 15.4 Å². The summed E-state index contributed by atoms with van der Waals surface area (Å²) >= 11 is 0. The molecule has 0 amide bonds. The van der Waals surface area contributed by atoms with Crippen LogP contribution in [0.5, 0.6) is 0 Å². The summed E-state index contributed by atoms with van der Waals surface area (Å²) in [4.78, 5) is 4.37. The van der Waals surface area contributed by atoms with E-state index in [-0.39, 0.29) is 0 Å². The first-order chi connectivity index (χ1) is 9.78. The van der Waals surface area contributed by atoms with E-state index in [1.807, 2.05) is 7.05 Å². The van der Waals surface area contributed by atoms with E-state index in [2.05, 4.69) is 22.5 Å². The monoisotopic (exact) mass is 281 g/mol. The van der Waals surface area contributed by atoms with E-state index >= 15 is 0 Å². The van der Waals surface area contributed by atoms with Crippen LogP contribution in [0.1, 0.15) is 58.3 Å². The lowest BCUT2D eigenvalue weighted by atomic mass is 9.96. The minimum absolute atomic E-state index is 0.472. The maximum absolute atomic E-state index is 5.49. The van der Waals surface area contributed by atoms with Crippen LogP contribution in [0.2, 0.25) is 0 Å². The maximum Gasteiger partial charge on any atom is 0.191 e. The van der Waals surface area contributed by atoms with Gasteiger partial charge in [0.05, 0.1) is 0 Å². The number of ether oxygens (including phenoxy) is 1. The second-order valence-corrected chi connectivity index (χ2v) is 6.35. The van der Waals surface area contributed by atoms with Gasteiger partial charge in [0.25, 0.3) is 0 Å². The number of rotatable bonds is 7. The molecule has 0 atom stereocenters. The third-order valence-electron chi connectivity index (χ3n) is 4.74. The number of hydrogen-bond acceptors (Lipinski definition) is 2. The highest BCUT2D eigenvalue weighted by atomic mass is 16.5. The molecular weight excluding hydrogens is 250 g/mol. The van der Waals surface area contributed by atoms with Crippen LogP contribution >= 0.6 is 0 Å². The maximum atomic E-state index is 5.49. The van der Waals surface area contributed by atoms with Crippen molar-refractivity contribution in [2.75, 3.05) is 26.8 Å². The predicted molar refractivity (Wildman–Crippen MR) is 84.1 cm³/mol. The summed E-state index contributed by atoms with van der Waals surface area (Å²) in [5, 5.41) is 7.11. The van der Waals surface area contributed by atoms with Crippen molar-refractivity contribution < 1.29 is 4.74 Å². The van der Waals surface area contributed by atoms with Gasteiger partial charge in [-0.15, -0.1) is 0 Å². The van der Waals surface area contributed by atoms with Crippen molar-refractivity contribution in [3.8, 4) is 0 Å². The Labute approximate surface area is 123 Å². The molecule has 0 aromatic rings. The van der Waals surface area contributed by atoms with E-state index in [9.17, 15) is 0 Å². The summed E-state index contributed by atoms with van der Waals surface area (Å²) in [5.74, 6) is 0.986. The van der Waals surface area contributed by atoms with Crippen LogP contribution in [-0.2, 0) is 4.74 Å². The lowest BCUT2D eigenvalue weighted by Crippen LogP contribution is -2.45. The van der Waals surface area contributed by atoms with Crippen LogP contribution in [0.3, 0.4) is 0 Å². The molecule has 2 rings (SSSR count). The Morgan fingerprint density at radius 3 is 2.60 bits per heavy atom. The Hall–Kier alpha value is -0.770. The number of aliphatic imine (C=N–C) groups is 1. The molecule has 0 unspecified atom stereocenters. The fourth-order valence-electron chi connectivity index (χ4n) is 3.03. The summed E-state index contributed by atoms with van der Waals surface area (Å²) in [6.07, 6.45) is 10.5. The van der Waals surface area contributed by atoms with Gasteiger partial charge in [0.15, 0.2) is 5.96 Å². The first-order valence-corrected chi connectivity index (χ1v) is 8.33. The summed E-state index contributed by atoms with van der Waals surface area (Å²) in [6, 6.07) is 0.619. The summed E-state index contributed by atoms with van der Waals surface area (Å²) in [5.41, 5.74) is 0.472. The smallest absolute Gasteiger partial charge is 0.191 e. The molecule has 2 saturated carbocycles. The quantitative estimate of drug-likeness (QED) is 0.428. The molecule has 0 radical (unpaired) electrons. The van der Waals surface area contributed by atoms with E-state index < -0.39 is 0 Å². The third-order valence-corrected chi connectivity index (χ3v) is 4.74. The average molecular weight is 281 g/mol. The zero-order valence-corrected chi connectivity index (χ0v) is 13.2. The van der Waals surface area contributed by atoms with Crippen LogP contribution in [0, 0.1) is 5.41 Å². The molecule has 2 aliphatic carbocycles. The molecule has 0 bridgehead atoms. The Morgan fingerprint density at radius 1 is 1.25 bits per heavy atom. The SMILES string of the molecule is CCOCCC1(CNC(=NC)NC2CCCCC2)CC1. The molecule has 2 N–H and O–H groups in total. The van der Waals surface area contributed by atoms with Crippen molar-refractivity contribution in [2.24, 2.45) is 10.4 Å². The van der Waals surface area contributed by atoms with Crippen molar-refractivity contribution in [1.29, 1.82) is 0 Å². The van der Waals surface area contributed by atoms with E-state index in [0.717, 1.165) is 25.7 Å². The average Bonchev–Trinajstić information content (AvgIpc) is 3.25. The van der Waals surface area contributed by atoms with Crippen molar-refractivity contribution >= 4 is 5.96 Å². The molecule has 2 fully saturated rings. The second kappa shape index (κ2) is 7.87. The standard InChI is InChI=1S/C16H31N3O/c1-3-20-12-11-16(9-10-16)13-18-15(17-2)19-14-7-5-4-6-8-14/h14H,3-13H2,1-2H3,(H2,17,18,19). The molecule has 0 aliphatic heterocycles. The van der Waals surface area contributed by atoms with Gasteiger partial charge in [-0.05, 0) is 44.4 Å². The molecule has 20 heavy (non-hydrogen) atoms. The fraction of sp³-hybridized carbons (Fsp3) is 0.938. The molecule has 0 aromatic carbocycles. The minimum atomic E-state index is 0.472. The van der Waals surface area contributed by atoms with Crippen LogP contribution in [0.15, 0.2) is 4.99 Å². The topological polar surface area (TPSA) is 45.6 Å². The van der Waals surface area contributed by atoms with E-state index in [0.29, 0.717) is 11.5 Å². The van der Waals surface area contributed by atoms with E-state index in [1.165, 1.54) is 51.4 Å². The molecule has 0 heterocycles. The summed E-state index contributed by atoms with van der Waals surface area (Å²) < 4.78 is 5.49. The van der Waals surface area contributed by atoms with Gasteiger partial charge in [-0.25, -0.2) is 0 Å². The minimum Gasteiger partial charge on any atom is -0.382 e. The number of nitrogens with zero attached hydrogens (tertiary/aromatic N) is 1. The molecule has 0 spiro atoms. The van der Waals surface area contributed by atoms with E-state index in [4.69, 9.17) is 4.74 Å². The first-order valence-electron chi connectivity index (χ1n) is 8.33. The molecule has 4 heteroatoms. The fourth-order valence-corrected chi connectivity index (χ4v) is 3.03. The molecule has 4 nitrogen and oxygen atoms in total. The van der Waals surface area contributed by atoms with Crippen LogP contribution in [0.4, 0.5) is 0 Å². The zero-order valence-electron chi connectivity index (χ0n) is 13.2. The zero-order chi connectivity index (χ0) is 14.3. The normalized spacial score (nSPS) is 22.6. The van der Waals surface area contributed by atoms with Crippen molar-refractivity contribution in [3.05, 3.63) is 0 Å². The molecule has 116 valence electrons. The van der Waals surface area contributed by atoms with Crippen molar-refractivity contribution in [2.45, 2.75) is 64.3 Å². The first kappa shape index (κ1) is 15.6. The number of guanidine groups is 1. The molecule has 0 saturated heterocycles. The van der Waals surface area contributed by atoms with Crippen LogP contribution < -0.4 is 10.6 Å². The van der Waals surface area contributed by atoms with Gasteiger partial charge in [-0.3, -0.25) is 4.99 Å². The Balaban J connectivity index is 1.68. The Kier molecular flexibility index (Phi) is 6.14. The molecular formula is C16H31N3O. The van der Waals surface area contributed by atoms with Gasteiger partial charge in [0.2, 0.25) is 0 Å². The highest BCUT2D eigenvalue weighted by Gasteiger charge is 2.42. The third kappa shape index (κ3) is 4.97. The molecule has 0 aromatic heterocycles. The number of nitrogens with one attached hydrogen (secondary N) is 2. The lowest BCUT2D eigenvalue weighted by molar-refractivity contribution is 0.128. The van der Waals surface area contributed by atoms with E-state index in [1.54, 1.807) is 0 Å². The van der Waals surface area contributed by atoms with Gasteiger partial charge in [0.1, 0.15) is 0 Å². The highest BCUT2D eigenvalue weighted by Crippen LogP contribution is 2.48. The van der Waals surface area contributed by atoms with Crippen LogP contribution in [0.25, 0.3) is 0 Å². The summed E-state index contributed by atoms with van der Waals surface area (Å²) in [6.45, 7) is 4.82. The van der Waals surface area contributed by atoms with Gasteiger partial charge >= 0.3 is 0 Å². The van der Waals surface area contributed by atoms with Crippen molar-refractivity contribution in [1.82, 2.24) is 10.6 Å².